The summed E-state index contributed by atoms with van der Waals surface area (Å²) in [5, 5.41) is 8.59. The summed E-state index contributed by atoms with van der Waals surface area (Å²) in [6.45, 7) is 3.32. The quantitative estimate of drug-likeness (QED) is 0.888. The molecular formula is C13H18O4S. The summed E-state index contributed by atoms with van der Waals surface area (Å²) in [4.78, 5) is 10.5. The smallest absolute Gasteiger partial charge is 0.303 e. The van der Waals surface area contributed by atoms with E-state index in [9.17, 15) is 13.2 Å². The number of hydrogen-bond donors (Lipinski definition) is 1. The van der Waals surface area contributed by atoms with Crippen LogP contribution in [0, 0.1) is 0 Å². The Labute approximate surface area is 108 Å². The van der Waals surface area contributed by atoms with Gasteiger partial charge in [0.25, 0.3) is 0 Å². The molecule has 1 N–H and O–H groups in total. The highest BCUT2D eigenvalue weighted by molar-refractivity contribution is 7.91. The number of carbonyl (C=O) groups is 1. The first-order valence-electron chi connectivity index (χ1n) is 5.65. The van der Waals surface area contributed by atoms with Gasteiger partial charge in [0.1, 0.15) is 0 Å². The molecule has 0 unspecified atom stereocenters. The van der Waals surface area contributed by atoms with E-state index in [4.69, 9.17) is 5.11 Å². The standard InChI is InChI=1S/C13H18O4S/c1-13(2,18(3,16)17)11-7-4-10(5-8-11)6-9-12(14)15/h4-5,7-8H,6,9H2,1-3H3,(H,14,15). The van der Waals surface area contributed by atoms with E-state index < -0.39 is 20.6 Å². The predicted molar refractivity (Wildman–Crippen MR) is 70.3 cm³/mol. The first kappa shape index (κ1) is 14.7. The van der Waals surface area contributed by atoms with Crippen LogP contribution in [0.25, 0.3) is 0 Å². The minimum absolute atomic E-state index is 0.0782. The number of aryl methyl sites for hydroxylation is 1. The summed E-state index contributed by atoms with van der Waals surface area (Å²) in [7, 11) is -3.19. The van der Waals surface area contributed by atoms with Gasteiger partial charge in [0.2, 0.25) is 0 Å². The fourth-order valence-electron chi connectivity index (χ4n) is 1.54. The van der Waals surface area contributed by atoms with Gasteiger partial charge in [-0.05, 0) is 31.4 Å². The van der Waals surface area contributed by atoms with E-state index >= 15 is 0 Å². The Kier molecular flexibility index (Phi) is 4.16. The van der Waals surface area contributed by atoms with Crippen molar-refractivity contribution in [3.8, 4) is 0 Å². The molecule has 5 heteroatoms. The molecule has 0 saturated carbocycles. The molecule has 0 fully saturated rings. The van der Waals surface area contributed by atoms with Crippen LogP contribution in [0.4, 0.5) is 0 Å². The number of aliphatic carboxylic acids is 1. The fourth-order valence-corrected chi connectivity index (χ4v) is 2.10. The molecule has 1 rings (SSSR count). The van der Waals surface area contributed by atoms with Crippen molar-refractivity contribution in [3.05, 3.63) is 35.4 Å². The lowest BCUT2D eigenvalue weighted by Crippen LogP contribution is -2.27. The highest BCUT2D eigenvalue weighted by Crippen LogP contribution is 2.29. The Morgan fingerprint density at radius 3 is 2.11 bits per heavy atom. The summed E-state index contributed by atoms with van der Waals surface area (Å²) in [6, 6.07) is 7.06. The number of carboxylic acid groups (broad SMARTS) is 1. The molecule has 100 valence electrons. The van der Waals surface area contributed by atoms with E-state index in [1.807, 2.05) is 0 Å². The van der Waals surface area contributed by atoms with Crippen LogP contribution in [0.3, 0.4) is 0 Å². The second-order valence-corrected chi connectivity index (χ2v) is 7.44. The Bertz CT molecular complexity index is 527. The maximum atomic E-state index is 11.7. The van der Waals surface area contributed by atoms with Crippen LogP contribution in [0.15, 0.2) is 24.3 Å². The van der Waals surface area contributed by atoms with Gasteiger partial charge in [-0.25, -0.2) is 8.42 Å². The number of carboxylic acids is 1. The van der Waals surface area contributed by atoms with Crippen LogP contribution in [-0.4, -0.2) is 25.7 Å². The number of sulfone groups is 1. The zero-order valence-corrected chi connectivity index (χ0v) is 11.6. The Morgan fingerprint density at radius 2 is 1.72 bits per heavy atom. The SMILES string of the molecule is CC(C)(c1ccc(CCC(=O)O)cc1)S(C)(=O)=O. The Hall–Kier alpha value is -1.36. The molecule has 0 bridgehead atoms. The van der Waals surface area contributed by atoms with Crippen LogP contribution < -0.4 is 0 Å². The maximum Gasteiger partial charge on any atom is 0.303 e. The average molecular weight is 270 g/mol. The van der Waals surface area contributed by atoms with Gasteiger partial charge in [-0.15, -0.1) is 0 Å². The summed E-state index contributed by atoms with van der Waals surface area (Å²) < 4.78 is 22.4. The van der Waals surface area contributed by atoms with Gasteiger partial charge < -0.3 is 5.11 Å². The number of hydrogen-bond acceptors (Lipinski definition) is 3. The molecule has 0 aliphatic heterocycles. The Balaban J connectivity index is 2.93. The lowest BCUT2D eigenvalue weighted by molar-refractivity contribution is -0.136. The van der Waals surface area contributed by atoms with Gasteiger partial charge in [-0.3, -0.25) is 4.79 Å². The second-order valence-electron chi connectivity index (χ2n) is 4.87. The van der Waals surface area contributed by atoms with E-state index in [0.717, 1.165) is 5.56 Å². The maximum absolute atomic E-state index is 11.7. The third-order valence-corrected chi connectivity index (χ3v) is 5.29. The summed E-state index contributed by atoms with van der Waals surface area (Å²) in [5.74, 6) is -0.837. The van der Waals surface area contributed by atoms with Crippen molar-refractivity contribution in [1.82, 2.24) is 0 Å². The second kappa shape index (κ2) is 5.10. The molecule has 0 spiro atoms. The highest BCUT2D eigenvalue weighted by Gasteiger charge is 2.31. The molecule has 0 heterocycles. The first-order valence-corrected chi connectivity index (χ1v) is 7.54. The van der Waals surface area contributed by atoms with E-state index in [-0.39, 0.29) is 6.42 Å². The molecule has 0 aliphatic carbocycles. The minimum atomic E-state index is -3.19. The summed E-state index contributed by atoms with van der Waals surface area (Å²) >= 11 is 0. The molecular weight excluding hydrogens is 252 g/mol. The molecule has 1 aromatic carbocycles. The molecule has 0 amide bonds. The molecule has 0 aromatic heterocycles. The zero-order valence-electron chi connectivity index (χ0n) is 10.8. The third-order valence-electron chi connectivity index (χ3n) is 3.20. The van der Waals surface area contributed by atoms with Crippen LogP contribution in [0.1, 0.15) is 31.4 Å². The van der Waals surface area contributed by atoms with Crippen LogP contribution in [0.2, 0.25) is 0 Å². The van der Waals surface area contributed by atoms with Crippen molar-refractivity contribution in [3.63, 3.8) is 0 Å². The van der Waals surface area contributed by atoms with E-state index in [1.165, 1.54) is 6.26 Å². The Morgan fingerprint density at radius 1 is 1.22 bits per heavy atom. The zero-order chi connectivity index (χ0) is 14.0. The van der Waals surface area contributed by atoms with Gasteiger partial charge >= 0.3 is 5.97 Å². The van der Waals surface area contributed by atoms with Crippen LogP contribution >= 0.6 is 0 Å². The van der Waals surface area contributed by atoms with Crippen molar-refractivity contribution in [2.75, 3.05) is 6.26 Å². The molecule has 0 atom stereocenters. The third kappa shape index (κ3) is 3.32. The minimum Gasteiger partial charge on any atom is -0.481 e. The van der Waals surface area contributed by atoms with Gasteiger partial charge in [0.05, 0.1) is 4.75 Å². The van der Waals surface area contributed by atoms with Crippen molar-refractivity contribution in [2.24, 2.45) is 0 Å². The van der Waals surface area contributed by atoms with Gasteiger partial charge in [0, 0.05) is 12.7 Å². The first-order chi connectivity index (χ1) is 8.14. The van der Waals surface area contributed by atoms with E-state index in [2.05, 4.69) is 0 Å². The van der Waals surface area contributed by atoms with Crippen molar-refractivity contribution in [2.45, 2.75) is 31.4 Å². The molecule has 0 saturated heterocycles. The molecule has 4 nitrogen and oxygen atoms in total. The molecule has 0 aliphatic rings. The van der Waals surface area contributed by atoms with Crippen molar-refractivity contribution >= 4 is 15.8 Å². The number of rotatable bonds is 5. The molecule has 1 aromatic rings. The number of benzene rings is 1. The van der Waals surface area contributed by atoms with Crippen LogP contribution in [0.5, 0.6) is 0 Å². The van der Waals surface area contributed by atoms with Gasteiger partial charge in [-0.2, -0.15) is 0 Å². The van der Waals surface area contributed by atoms with Crippen molar-refractivity contribution < 1.29 is 18.3 Å². The van der Waals surface area contributed by atoms with E-state index in [0.29, 0.717) is 12.0 Å². The lowest BCUT2D eigenvalue weighted by atomic mass is 9.99. The molecule has 0 radical (unpaired) electrons. The van der Waals surface area contributed by atoms with Gasteiger partial charge in [0.15, 0.2) is 9.84 Å². The van der Waals surface area contributed by atoms with Crippen LogP contribution in [-0.2, 0) is 25.8 Å². The molecule has 18 heavy (non-hydrogen) atoms. The summed E-state index contributed by atoms with van der Waals surface area (Å²) in [5.41, 5.74) is 1.61. The topological polar surface area (TPSA) is 71.4 Å². The fraction of sp³-hybridized carbons (Fsp3) is 0.462. The monoisotopic (exact) mass is 270 g/mol. The van der Waals surface area contributed by atoms with Gasteiger partial charge in [-0.1, -0.05) is 24.3 Å². The van der Waals surface area contributed by atoms with Crippen molar-refractivity contribution in [1.29, 1.82) is 0 Å². The van der Waals surface area contributed by atoms with E-state index in [1.54, 1.807) is 38.1 Å². The summed E-state index contributed by atoms with van der Waals surface area (Å²) in [6.07, 6.45) is 1.75. The largest absolute Gasteiger partial charge is 0.481 e. The lowest BCUT2D eigenvalue weighted by Gasteiger charge is -2.23. The predicted octanol–water partition coefficient (Wildman–Crippen LogP) is 1.98. The normalized spacial score (nSPS) is 12.4. The average Bonchev–Trinajstić information content (AvgIpc) is 2.25. The highest BCUT2D eigenvalue weighted by atomic mass is 32.2.